The second kappa shape index (κ2) is 8.29. The van der Waals surface area contributed by atoms with E-state index in [1.807, 2.05) is 38.1 Å². The summed E-state index contributed by atoms with van der Waals surface area (Å²) in [6.45, 7) is 10.5. The van der Waals surface area contributed by atoms with E-state index in [2.05, 4.69) is 50.4 Å². The van der Waals surface area contributed by atoms with Gasteiger partial charge in [-0.05, 0) is 54.7 Å². The lowest BCUT2D eigenvalue weighted by atomic mass is 9.86. The van der Waals surface area contributed by atoms with Gasteiger partial charge in [0, 0.05) is 9.92 Å². The van der Waals surface area contributed by atoms with Crippen LogP contribution in [-0.2, 0) is 10.2 Å². The van der Waals surface area contributed by atoms with Crippen LogP contribution in [-0.4, -0.2) is 11.2 Å². The number of carbonyl (C=O) groups is 1. The van der Waals surface area contributed by atoms with Gasteiger partial charge in [-0.15, -0.1) is 11.8 Å². The van der Waals surface area contributed by atoms with E-state index < -0.39 is 0 Å². The van der Waals surface area contributed by atoms with Crippen molar-refractivity contribution in [3.05, 3.63) is 64.7 Å². The van der Waals surface area contributed by atoms with Gasteiger partial charge in [0.05, 0.1) is 11.3 Å². The van der Waals surface area contributed by atoms with E-state index in [0.29, 0.717) is 5.02 Å². The maximum absolute atomic E-state index is 12.5. The Bertz CT molecular complexity index is 704. The topological polar surface area (TPSA) is 29.1 Å². The van der Waals surface area contributed by atoms with E-state index in [9.17, 15) is 4.79 Å². The SMILES string of the molecule is C[C@@H](Sc1ccc(Cl)cc1)C(=O)N[C@H](C)c1ccc(C(C)(C)C)cc1. The van der Waals surface area contributed by atoms with Gasteiger partial charge >= 0.3 is 0 Å². The molecular weight excluding hydrogens is 350 g/mol. The largest absolute Gasteiger partial charge is 0.349 e. The molecule has 0 heterocycles. The summed E-state index contributed by atoms with van der Waals surface area (Å²) < 4.78 is 0. The molecule has 2 atom stereocenters. The minimum absolute atomic E-state index is 0.0187. The van der Waals surface area contributed by atoms with Crippen LogP contribution in [0.15, 0.2) is 53.4 Å². The lowest BCUT2D eigenvalue weighted by Crippen LogP contribution is -2.33. The number of rotatable bonds is 5. The molecule has 0 saturated carbocycles. The van der Waals surface area contributed by atoms with Crippen molar-refractivity contribution in [3.8, 4) is 0 Å². The Balaban J connectivity index is 1.95. The molecule has 25 heavy (non-hydrogen) atoms. The first kappa shape index (κ1) is 19.9. The summed E-state index contributed by atoms with van der Waals surface area (Å²) in [7, 11) is 0. The van der Waals surface area contributed by atoms with Gasteiger partial charge in [0.1, 0.15) is 0 Å². The fourth-order valence-corrected chi connectivity index (χ4v) is 3.46. The third-order valence-corrected chi connectivity index (χ3v) is 5.50. The zero-order valence-electron chi connectivity index (χ0n) is 15.5. The quantitative estimate of drug-likeness (QED) is 0.649. The van der Waals surface area contributed by atoms with Crippen molar-refractivity contribution in [2.75, 3.05) is 0 Å². The maximum atomic E-state index is 12.5. The normalized spacial score (nSPS) is 14.0. The molecule has 1 amide bonds. The van der Waals surface area contributed by atoms with Crippen LogP contribution in [0.4, 0.5) is 0 Å². The lowest BCUT2D eigenvalue weighted by Gasteiger charge is -2.21. The van der Waals surface area contributed by atoms with Gasteiger partial charge in [0.2, 0.25) is 5.91 Å². The first-order chi connectivity index (χ1) is 11.7. The Labute approximate surface area is 160 Å². The number of carbonyl (C=O) groups excluding carboxylic acids is 1. The van der Waals surface area contributed by atoms with Gasteiger partial charge < -0.3 is 5.32 Å². The molecule has 2 aromatic carbocycles. The predicted molar refractivity (Wildman–Crippen MR) is 108 cm³/mol. The first-order valence-corrected chi connectivity index (χ1v) is 9.75. The summed E-state index contributed by atoms with van der Waals surface area (Å²) in [5.41, 5.74) is 2.54. The molecule has 0 saturated heterocycles. The summed E-state index contributed by atoms with van der Waals surface area (Å²) in [6.07, 6.45) is 0. The number of thioether (sulfide) groups is 1. The highest BCUT2D eigenvalue weighted by Gasteiger charge is 2.18. The average Bonchev–Trinajstić information content (AvgIpc) is 2.56. The second-order valence-electron chi connectivity index (χ2n) is 7.32. The minimum atomic E-state index is -0.169. The van der Waals surface area contributed by atoms with Crippen LogP contribution in [0, 0.1) is 0 Å². The number of amides is 1. The third-order valence-electron chi connectivity index (χ3n) is 4.13. The van der Waals surface area contributed by atoms with Gasteiger partial charge in [0.25, 0.3) is 0 Å². The van der Waals surface area contributed by atoms with Gasteiger partial charge in [-0.2, -0.15) is 0 Å². The molecule has 0 bridgehead atoms. The van der Waals surface area contributed by atoms with Crippen LogP contribution in [0.3, 0.4) is 0 Å². The van der Waals surface area contributed by atoms with E-state index in [1.54, 1.807) is 0 Å². The van der Waals surface area contributed by atoms with Crippen LogP contribution in [0.5, 0.6) is 0 Å². The van der Waals surface area contributed by atoms with Gasteiger partial charge in [-0.25, -0.2) is 0 Å². The van der Waals surface area contributed by atoms with Crippen LogP contribution in [0.1, 0.15) is 51.8 Å². The molecule has 4 heteroatoms. The third kappa shape index (κ3) is 5.79. The van der Waals surface area contributed by atoms with Crippen LogP contribution < -0.4 is 5.32 Å². The monoisotopic (exact) mass is 375 g/mol. The zero-order valence-corrected chi connectivity index (χ0v) is 17.0. The van der Waals surface area contributed by atoms with E-state index in [1.165, 1.54) is 17.3 Å². The molecule has 134 valence electrons. The van der Waals surface area contributed by atoms with Gasteiger partial charge in [0.15, 0.2) is 0 Å². The molecule has 0 aliphatic heterocycles. The predicted octanol–water partition coefficient (Wildman–Crippen LogP) is 6.00. The molecule has 2 nitrogen and oxygen atoms in total. The fourth-order valence-electron chi connectivity index (χ4n) is 2.46. The summed E-state index contributed by atoms with van der Waals surface area (Å²) in [5.74, 6) is 0.0346. The Morgan fingerprint density at radius 1 is 1.00 bits per heavy atom. The van der Waals surface area contributed by atoms with Crippen molar-refractivity contribution in [1.82, 2.24) is 5.32 Å². The van der Waals surface area contributed by atoms with Crippen molar-refractivity contribution in [3.63, 3.8) is 0 Å². The highest BCUT2D eigenvalue weighted by Crippen LogP contribution is 2.26. The van der Waals surface area contributed by atoms with Crippen molar-refractivity contribution in [1.29, 1.82) is 0 Å². The number of hydrogen-bond donors (Lipinski definition) is 1. The number of benzene rings is 2. The summed E-state index contributed by atoms with van der Waals surface area (Å²) in [6, 6.07) is 16.0. The Morgan fingerprint density at radius 2 is 1.56 bits per heavy atom. The molecule has 0 unspecified atom stereocenters. The van der Waals surface area contributed by atoms with E-state index in [-0.39, 0.29) is 22.6 Å². The molecule has 0 radical (unpaired) electrons. The Hall–Kier alpha value is -1.45. The van der Waals surface area contributed by atoms with Crippen molar-refractivity contribution < 1.29 is 4.79 Å². The molecule has 2 aromatic rings. The molecule has 2 rings (SSSR count). The Morgan fingerprint density at radius 3 is 2.08 bits per heavy atom. The van der Waals surface area contributed by atoms with Crippen molar-refractivity contribution in [2.45, 2.75) is 56.2 Å². The van der Waals surface area contributed by atoms with Gasteiger partial charge in [-0.3, -0.25) is 4.79 Å². The minimum Gasteiger partial charge on any atom is -0.349 e. The maximum Gasteiger partial charge on any atom is 0.233 e. The van der Waals surface area contributed by atoms with E-state index in [0.717, 1.165) is 10.5 Å². The van der Waals surface area contributed by atoms with Gasteiger partial charge in [-0.1, -0.05) is 56.6 Å². The summed E-state index contributed by atoms with van der Waals surface area (Å²) in [5, 5.41) is 3.63. The molecule has 0 aliphatic carbocycles. The first-order valence-electron chi connectivity index (χ1n) is 8.50. The molecule has 0 aromatic heterocycles. The van der Waals surface area contributed by atoms with Crippen molar-refractivity contribution in [2.24, 2.45) is 0 Å². The molecule has 1 N–H and O–H groups in total. The van der Waals surface area contributed by atoms with Crippen molar-refractivity contribution >= 4 is 29.3 Å². The highest BCUT2D eigenvalue weighted by molar-refractivity contribution is 8.00. The Kier molecular flexibility index (Phi) is 6.59. The summed E-state index contributed by atoms with van der Waals surface area (Å²) >= 11 is 7.43. The van der Waals surface area contributed by atoms with Crippen LogP contribution in [0.25, 0.3) is 0 Å². The average molecular weight is 376 g/mol. The molecule has 0 fully saturated rings. The molecule has 0 aliphatic rings. The fraction of sp³-hybridized carbons (Fsp3) is 0.381. The van der Waals surface area contributed by atoms with Crippen LogP contribution in [0.2, 0.25) is 5.02 Å². The standard InChI is InChI=1S/C21H26ClNOS/c1-14(16-6-8-17(9-7-16)21(3,4)5)23-20(24)15(2)25-19-12-10-18(22)11-13-19/h6-15H,1-5H3,(H,23,24)/t14-,15-/m1/s1. The van der Waals surface area contributed by atoms with Crippen LogP contribution >= 0.6 is 23.4 Å². The van der Waals surface area contributed by atoms with E-state index >= 15 is 0 Å². The number of hydrogen-bond acceptors (Lipinski definition) is 2. The lowest BCUT2D eigenvalue weighted by molar-refractivity contribution is -0.120. The molecular formula is C21H26ClNOS. The number of halogens is 1. The second-order valence-corrected chi connectivity index (χ2v) is 9.17. The highest BCUT2D eigenvalue weighted by atomic mass is 35.5. The zero-order chi connectivity index (χ0) is 18.6. The number of nitrogens with one attached hydrogen (secondary N) is 1. The molecule has 0 spiro atoms. The smallest absolute Gasteiger partial charge is 0.233 e. The summed E-state index contributed by atoms with van der Waals surface area (Å²) in [4.78, 5) is 13.5. The van der Waals surface area contributed by atoms with E-state index in [4.69, 9.17) is 11.6 Å².